The van der Waals surface area contributed by atoms with Crippen LogP contribution in [0.5, 0.6) is 0 Å². The van der Waals surface area contributed by atoms with Gasteiger partial charge in [-0.1, -0.05) is 165 Å². The van der Waals surface area contributed by atoms with Crippen LogP contribution in [0.1, 0.15) is 62.5 Å². The zero-order valence-electron chi connectivity index (χ0n) is 32.2. The first-order chi connectivity index (χ1) is 27.6. The van der Waals surface area contributed by atoms with Gasteiger partial charge < -0.3 is 0 Å². The molecule has 3 aliphatic rings. The number of aryl methyl sites for hydroxylation is 1. The van der Waals surface area contributed by atoms with Gasteiger partial charge in [0.15, 0.2) is 0 Å². The van der Waals surface area contributed by atoms with Crippen LogP contribution in [0.15, 0.2) is 158 Å². The molecular weight excluding hydrogens is 673 g/mol. The summed E-state index contributed by atoms with van der Waals surface area (Å²) in [5, 5.41) is 13.1. The Hall–Kier alpha value is -5.72. The van der Waals surface area contributed by atoms with E-state index in [0.29, 0.717) is 5.41 Å². The smallest absolute Gasteiger partial charge is 0.00201 e. The lowest BCUT2D eigenvalue weighted by molar-refractivity contribution is 0.0599. The lowest BCUT2D eigenvalue weighted by Gasteiger charge is -2.49. The monoisotopic (exact) mass is 718 g/mol. The van der Waals surface area contributed by atoms with E-state index in [1.807, 2.05) is 0 Å². The fraction of sp³-hybridized carbons (Fsp3) is 0.214. The summed E-state index contributed by atoms with van der Waals surface area (Å²) in [6, 6.07) is 60.0. The Balaban J connectivity index is 1.07. The van der Waals surface area contributed by atoms with E-state index < -0.39 is 0 Å². The van der Waals surface area contributed by atoms with Crippen LogP contribution in [-0.4, -0.2) is 0 Å². The van der Waals surface area contributed by atoms with E-state index in [9.17, 15) is 0 Å². The van der Waals surface area contributed by atoms with Gasteiger partial charge >= 0.3 is 0 Å². The van der Waals surface area contributed by atoms with Gasteiger partial charge in [0.1, 0.15) is 0 Å². The Labute approximate surface area is 329 Å². The molecule has 2 saturated carbocycles. The highest BCUT2D eigenvalue weighted by Gasteiger charge is 2.50. The second-order valence-electron chi connectivity index (χ2n) is 17.7. The molecule has 0 nitrogen and oxygen atoms in total. The van der Waals surface area contributed by atoms with E-state index in [2.05, 4.69) is 165 Å². The summed E-state index contributed by atoms with van der Waals surface area (Å²) in [6.07, 6.45) is 9.70. The molecule has 4 atom stereocenters. The second kappa shape index (κ2) is 12.4. The van der Waals surface area contributed by atoms with Gasteiger partial charge in [0.25, 0.3) is 0 Å². The van der Waals surface area contributed by atoms with Crippen LogP contribution >= 0.6 is 0 Å². The van der Waals surface area contributed by atoms with Crippen molar-refractivity contribution in [1.29, 1.82) is 0 Å². The summed E-state index contributed by atoms with van der Waals surface area (Å²) in [7, 11) is 0. The number of benzene rings is 9. The topological polar surface area (TPSA) is 0 Å². The maximum atomic E-state index is 2.61. The van der Waals surface area contributed by atoms with Gasteiger partial charge in [-0.25, -0.2) is 0 Å². The minimum Gasteiger partial charge on any atom is -0.0622 e. The average Bonchev–Trinajstić information content (AvgIpc) is 3.66. The van der Waals surface area contributed by atoms with E-state index in [-0.39, 0.29) is 0 Å². The van der Waals surface area contributed by atoms with Crippen molar-refractivity contribution in [2.24, 2.45) is 17.3 Å². The normalized spacial score (nSPS) is 21.8. The van der Waals surface area contributed by atoms with Gasteiger partial charge in [-0.2, -0.15) is 0 Å². The molecular formula is C56H46. The Morgan fingerprint density at radius 3 is 1.88 bits per heavy atom. The molecule has 12 rings (SSSR count). The van der Waals surface area contributed by atoms with Crippen molar-refractivity contribution in [3.8, 4) is 33.4 Å². The summed E-state index contributed by atoms with van der Waals surface area (Å²) in [5.41, 5.74) is 11.8. The summed E-state index contributed by atoms with van der Waals surface area (Å²) in [6.45, 7) is 2.61. The van der Waals surface area contributed by atoms with Gasteiger partial charge in [-0.15, -0.1) is 0 Å². The summed E-state index contributed by atoms with van der Waals surface area (Å²) in [5.74, 6) is 2.54. The highest BCUT2D eigenvalue weighted by molar-refractivity contribution is 6.26. The quantitative estimate of drug-likeness (QED) is 0.126. The largest absolute Gasteiger partial charge is 0.0622 e. The lowest BCUT2D eigenvalue weighted by Crippen LogP contribution is -2.39. The Morgan fingerprint density at radius 2 is 1.09 bits per heavy atom. The molecule has 2 fully saturated rings. The summed E-state index contributed by atoms with van der Waals surface area (Å²) < 4.78 is 0. The molecule has 270 valence electrons. The molecule has 56 heavy (non-hydrogen) atoms. The van der Waals surface area contributed by atoms with Crippen molar-refractivity contribution < 1.29 is 0 Å². The van der Waals surface area contributed by atoms with Gasteiger partial charge in [0.2, 0.25) is 0 Å². The third kappa shape index (κ3) is 4.72. The molecule has 0 aromatic heterocycles. The van der Waals surface area contributed by atoms with E-state index in [1.54, 1.807) is 11.1 Å². The summed E-state index contributed by atoms with van der Waals surface area (Å²) >= 11 is 0. The fourth-order valence-corrected chi connectivity index (χ4v) is 12.5. The van der Waals surface area contributed by atoms with Gasteiger partial charge in [0, 0.05) is 0 Å². The van der Waals surface area contributed by atoms with Crippen LogP contribution in [0.3, 0.4) is 0 Å². The second-order valence-corrected chi connectivity index (χ2v) is 17.7. The molecule has 9 aromatic rings. The fourth-order valence-electron chi connectivity index (χ4n) is 12.5. The first-order valence-corrected chi connectivity index (χ1v) is 21.1. The zero-order valence-corrected chi connectivity index (χ0v) is 32.2. The number of hydrogen-bond acceptors (Lipinski definition) is 0. The van der Waals surface area contributed by atoms with Crippen LogP contribution in [0.25, 0.3) is 87.2 Å². The van der Waals surface area contributed by atoms with E-state index in [0.717, 1.165) is 17.8 Å². The molecule has 4 unspecified atom stereocenters. The van der Waals surface area contributed by atoms with Crippen molar-refractivity contribution in [3.63, 3.8) is 0 Å². The van der Waals surface area contributed by atoms with Crippen molar-refractivity contribution in [1.82, 2.24) is 0 Å². The molecule has 0 heteroatoms. The van der Waals surface area contributed by atoms with Gasteiger partial charge in [0.05, 0.1) is 0 Å². The first-order valence-electron chi connectivity index (χ1n) is 21.1. The molecule has 0 aliphatic heterocycles. The van der Waals surface area contributed by atoms with E-state index in [1.165, 1.54) is 132 Å². The predicted octanol–water partition coefficient (Wildman–Crippen LogP) is 15.7. The maximum Gasteiger partial charge on any atom is -0.00201 e. The van der Waals surface area contributed by atoms with Crippen LogP contribution in [0.2, 0.25) is 0 Å². The standard InChI is InChI=1S/C56H46/c1-56-31-12-23-52(56)44-27-24-37-33-38(25-26-39(37)43(44)30-32-56)54-40-16-6-5-15-36(40)34-51-41-21-11-22-45(42(41)28-29-50(51)54)55-48-19-9-7-17-46(48)53(35-13-3-2-4-14-35)47-18-8-10-20-49(47)55/h2-11,13-22,25-26,28-29,33-34,43-44,52H,12,23-24,27,30-32H2,1H3. The number of hydrogen-bond donors (Lipinski definition) is 0. The molecule has 0 amide bonds. The van der Waals surface area contributed by atoms with Gasteiger partial charge in [-0.05, 0) is 166 Å². The van der Waals surface area contributed by atoms with Crippen molar-refractivity contribution >= 4 is 53.9 Å². The summed E-state index contributed by atoms with van der Waals surface area (Å²) in [4.78, 5) is 0. The molecule has 0 saturated heterocycles. The highest BCUT2D eigenvalue weighted by Crippen LogP contribution is 2.61. The van der Waals surface area contributed by atoms with Crippen molar-refractivity contribution in [2.45, 2.75) is 57.8 Å². The van der Waals surface area contributed by atoms with Crippen LogP contribution in [0.4, 0.5) is 0 Å². The van der Waals surface area contributed by atoms with E-state index >= 15 is 0 Å². The Bertz CT molecular complexity index is 2980. The average molecular weight is 719 g/mol. The lowest BCUT2D eigenvalue weighted by atomic mass is 9.56. The van der Waals surface area contributed by atoms with Crippen molar-refractivity contribution in [2.75, 3.05) is 0 Å². The minimum atomic E-state index is 0.592. The molecule has 0 radical (unpaired) electrons. The number of rotatable bonds is 3. The molecule has 3 aliphatic carbocycles. The SMILES string of the molecule is CC12CCCC1C1CCc3cc(-c4c5ccccc5cc5c4ccc4c(-c6c7ccccc7c(-c7ccccc7)c7ccccc67)cccc45)ccc3C1CC2. The third-order valence-electron chi connectivity index (χ3n) is 15.0. The van der Waals surface area contributed by atoms with Crippen LogP contribution < -0.4 is 0 Å². The third-order valence-corrected chi connectivity index (χ3v) is 15.0. The van der Waals surface area contributed by atoms with Crippen molar-refractivity contribution in [3.05, 3.63) is 169 Å². The molecule has 0 heterocycles. The molecule has 0 bridgehead atoms. The Kier molecular flexibility index (Phi) is 7.20. The number of fused-ring (bicyclic) bond motifs is 11. The van der Waals surface area contributed by atoms with Crippen LogP contribution in [0, 0.1) is 17.3 Å². The van der Waals surface area contributed by atoms with Crippen LogP contribution in [-0.2, 0) is 6.42 Å². The predicted molar refractivity (Wildman–Crippen MR) is 240 cm³/mol. The Morgan fingerprint density at radius 1 is 0.446 bits per heavy atom. The van der Waals surface area contributed by atoms with E-state index in [4.69, 9.17) is 0 Å². The zero-order chi connectivity index (χ0) is 37.0. The first kappa shape index (κ1) is 32.5. The molecule has 9 aromatic carbocycles. The molecule has 0 N–H and O–H groups in total. The highest BCUT2D eigenvalue weighted by atomic mass is 14.5. The maximum absolute atomic E-state index is 2.61. The minimum absolute atomic E-state index is 0.592. The van der Waals surface area contributed by atoms with Gasteiger partial charge in [-0.3, -0.25) is 0 Å². The molecule has 0 spiro atoms.